The van der Waals surface area contributed by atoms with Gasteiger partial charge in [-0.3, -0.25) is 4.68 Å². The van der Waals surface area contributed by atoms with Crippen molar-refractivity contribution < 1.29 is 4.74 Å². The van der Waals surface area contributed by atoms with Gasteiger partial charge in [-0.2, -0.15) is 0 Å². The van der Waals surface area contributed by atoms with Crippen molar-refractivity contribution >= 4 is 23.4 Å². The Morgan fingerprint density at radius 1 is 1.15 bits per heavy atom. The molecule has 0 aliphatic heterocycles. The zero-order valence-corrected chi connectivity index (χ0v) is 16.7. The Morgan fingerprint density at radius 2 is 2.00 bits per heavy atom. The largest absolute Gasteiger partial charge is 0.476 e. The van der Waals surface area contributed by atoms with Crippen LogP contribution in [0.1, 0.15) is 26.3 Å². The van der Waals surface area contributed by atoms with E-state index in [4.69, 9.17) is 16.3 Å². The maximum absolute atomic E-state index is 6.07. The van der Waals surface area contributed by atoms with Crippen molar-refractivity contribution in [3.8, 4) is 17.3 Å². The van der Waals surface area contributed by atoms with Gasteiger partial charge in [0.15, 0.2) is 11.0 Å². The second kappa shape index (κ2) is 8.60. The molecule has 0 aliphatic rings. The standard InChI is InChI=1S/C18H22ClN5OS/c1-4-23-11-15(17(22-23)25-6-3)16-20-21-18(24(16)5-2)26-12-13-8-7-9-14(19)10-13/h7-11H,4-6,12H2,1-3H3. The molecule has 2 heterocycles. The third kappa shape index (κ3) is 4.04. The van der Waals surface area contributed by atoms with Crippen LogP contribution in [0.2, 0.25) is 5.02 Å². The Balaban J connectivity index is 1.87. The lowest BCUT2D eigenvalue weighted by molar-refractivity contribution is 0.322. The van der Waals surface area contributed by atoms with Crippen LogP contribution >= 0.6 is 23.4 Å². The molecule has 3 aromatic rings. The molecule has 0 N–H and O–H groups in total. The lowest BCUT2D eigenvalue weighted by Gasteiger charge is -2.07. The van der Waals surface area contributed by atoms with E-state index in [1.54, 1.807) is 11.8 Å². The molecule has 1 aromatic carbocycles. The number of ether oxygens (including phenoxy) is 1. The minimum absolute atomic E-state index is 0.560. The smallest absolute Gasteiger partial charge is 0.243 e. The highest BCUT2D eigenvalue weighted by molar-refractivity contribution is 7.98. The van der Waals surface area contributed by atoms with Gasteiger partial charge in [-0.05, 0) is 38.5 Å². The molecule has 0 saturated heterocycles. The average molecular weight is 392 g/mol. The zero-order valence-electron chi connectivity index (χ0n) is 15.1. The first-order chi connectivity index (χ1) is 12.7. The van der Waals surface area contributed by atoms with Crippen molar-refractivity contribution in [2.24, 2.45) is 0 Å². The predicted molar refractivity (Wildman–Crippen MR) is 105 cm³/mol. The summed E-state index contributed by atoms with van der Waals surface area (Å²) < 4.78 is 9.64. The number of hydrogen-bond acceptors (Lipinski definition) is 5. The summed E-state index contributed by atoms with van der Waals surface area (Å²) in [6.07, 6.45) is 1.96. The first-order valence-electron chi connectivity index (χ1n) is 8.67. The molecule has 3 rings (SSSR count). The Kier molecular flexibility index (Phi) is 6.21. The topological polar surface area (TPSA) is 57.8 Å². The molecule has 0 fully saturated rings. The fourth-order valence-electron chi connectivity index (χ4n) is 2.62. The zero-order chi connectivity index (χ0) is 18.5. The Morgan fingerprint density at radius 3 is 2.69 bits per heavy atom. The number of aryl methyl sites for hydroxylation is 1. The van der Waals surface area contributed by atoms with Gasteiger partial charge >= 0.3 is 0 Å². The van der Waals surface area contributed by atoms with Crippen molar-refractivity contribution in [1.29, 1.82) is 0 Å². The van der Waals surface area contributed by atoms with Crippen molar-refractivity contribution in [2.45, 2.75) is 44.8 Å². The van der Waals surface area contributed by atoms with E-state index in [2.05, 4.69) is 32.9 Å². The van der Waals surface area contributed by atoms with Crippen LogP contribution in [0, 0.1) is 0 Å². The molecule has 6 nitrogen and oxygen atoms in total. The molecular formula is C18H22ClN5OS. The molecular weight excluding hydrogens is 370 g/mol. The van der Waals surface area contributed by atoms with Gasteiger partial charge in [0.25, 0.3) is 0 Å². The lowest BCUT2D eigenvalue weighted by Crippen LogP contribution is -2.01. The molecule has 0 bridgehead atoms. The summed E-state index contributed by atoms with van der Waals surface area (Å²) in [5.41, 5.74) is 2.03. The quantitative estimate of drug-likeness (QED) is 0.528. The van der Waals surface area contributed by atoms with E-state index in [1.807, 2.05) is 42.9 Å². The molecule has 0 aliphatic carbocycles. The molecule has 0 radical (unpaired) electrons. The fraction of sp³-hybridized carbons (Fsp3) is 0.389. The van der Waals surface area contributed by atoms with Crippen molar-refractivity contribution in [1.82, 2.24) is 24.5 Å². The summed E-state index contributed by atoms with van der Waals surface area (Å²) in [6, 6.07) is 7.87. The van der Waals surface area contributed by atoms with Crippen LogP contribution in [0.25, 0.3) is 11.4 Å². The number of hydrogen-bond donors (Lipinski definition) is 0. The Bertz CT molecular complexity index is 876. The number of benzene rings is 1. The van der Waals surface area contributed by atoms with E-state index in [-0.39, 0.29) is 0 Å². The van der Waals surface area contributed by atoms with Gasteiger partial charge in [0.05, 0.1) is 6.61 Å². The molecule has 0 amide bonds. The first-order valence-corrected chi connectivity index (χ1v) is 10.0. The molecule has 26 heavy (non-hydrogen) atoms. The Labute approximate surface area is 162 Å². The average Bonchev–Trinajstić information content (AvgIpc) is 3.23. The lowest BCUT2D eigenvalue weighted by atomic mass is 10.2. The SMILES string of the molecule is CCOc1nn(CC)cc1-c1nnc(SCc2cccc(Cl)c2)n1CC. The van der Waals surface area contributed by atoms with E-state index in [0.29, 0.717) is 12.5 Å². The van der Waals surface area contributed by atoms with Gasteiger partial charge in [0.2, 0.25) is 5.88 Å². The third-order valence-electron chi connectivity index (χ3n) is 3.86. The van der Waals surface area contributed by atoms with Gasteiger partial charge < -0.3 is 9.30 Å². The second-order valence-corrected chi connectivity index (χ2v) is 6.98. The predicted octanol–water partition coefficient (Wildman–Crippen LogP) is 4.53. The van der Waals surface area contributed by atoms with E-state index in [1.165, 1.54) is 0 Å². The number of rotatable bonds is 8. The summed E-state index contributed by atoms with van der Waals surface area (Å²) in [5, 5.41) is 14.9. The van der Waals surface area contributed by atoms with Crippen LogP contribution in [0.4, 0.5) is 0 Å². The molecule has 0 saturated carbocycles. The van der Waals surface area contributed by atoms with Gasteiger partial charge in [0.1, 0.15) is 5.56 Å². The molecule has 0 spiro atoms. The normalized spacial score (nSPS) is 11.1. The van der Waals surface area contributed by atoms with Gasteiger partial charge in [-0.15, -0.1) is 15.3 Å². The highest BCUT2D eigenvalue weighted by atomic mass is 35.5. The summed E-state index contributed by atoms with van der Waals surface area (Å²) in [5.74, 6) is 2.16. The van der Waals surface area contributed by atoms with E-state index < -0.39 is 0 Å². The first kappa shape index (κ1) is 18.8. The minimum atomic E-state index is 0.560. The maximum Gasteiger partial charge on any atom is 0.243 e. The monoisotopic (exact) mass is 391 g/mol. The maximum atomic E-state index is 6.07. The summed E-state index contributed by atoms with van der Waals surface area (Å²) in [6.45, 7) is 8.18. The van der Waals surface area contributed by atoms with Gasteiger partial charge in [0, 0.05) is 30.1 Å². The van der Waals surface area contributed by atoms with Gasteiger partial charge in [-0.1, -0.05) is 35.5 Å². The van der Waals surface area contributed by atoms with Crippen LogP contribution in [0.3, 0.4) is 0 Å². The second-order valence-electron chi connectivity index (χ2n) is 5.61. The number of aromatic nitrogens is 5. The number of thioether (sulfide) groups is 1. The van der Waals surface area contributed by atoms with E-state index >= 15 is 0 Å². The number of nitrogens with zero attached hydrogens (tertiary/aromatic N) is 5. The van der Waals surface area contributed by atoms with Crippen LogP contribution in [0.15, 0.2) is 35.6 Å². The molecule has 0 atom stereocenters. The van der Waals surface area contributed by atoms with Crippen molar-refractivity contribution in [3.63, 3.8) is 0 Å². The summed E-state index contributed by atoms with van der Waals surface area (Å²) in [4.78, 5) is 0. The highest BCUT2D eigenvalue weighted by Crippen LogP contribution is 2.31. The molecule has 8 heteroatoms. The minimum Gasteiger partial charge on any atom is -0.476 e. The Hall–Kier alpha value is -1.99. The van der Waals surface area contributed by atoms with Crippen LogP contribution < -0.4 is 4.74 Å². The number of halogens is 1. The third-order valence-corrected chi connectivity index (χ3v) is 5.14. The van der Waals surface area contributed by atoms with E-state index in [9.17, 15) is 0 Å². The van der Waals surface area contributed by atoms with Crippen molar-refractivity contribution in [3.05, 3.63) is 41.0 Å². The van der Waals surface area contributed by atoms with Crippen LogP contribution in [-0.4, -0.2) is 31.2 Å². The van der Waals surface area contributed by atoms with Crippen LogP contribution in [0.5, 0.6) is 5.88 Å². The van der Waals surface area contributed by atoms with Crippen LogP contribution in [-0.2, 0) is 18.8 Å². The molecule has 138 valence electrons. The highest BCUT2D eigenvalue weighted by Gasteiger charge is 2.20. The van der Waals surface area contributed by atoms with E-state index in [0.717, 1.165) is 46.0 Å². The summed E-state index contributed by atoms with van der Waals surface area (Å²) in [7, 11) is 0. The summed E-state index contributed by atoms with van der Waals surface area (Å²) >= 11 is 7.71. The molecule has 2 aromatic heterocycles. The van der Waals surface area contributed by atoms with Crippen molar-refractivity contribution in [2.75, 3.05) is 6.61 Å². The molecule has 0 unspecified atom stereocenters. The fourth-order valence-corrected chi connectivity index (χ4v) is 3.77. The van der Waals surface area contributed by atoms with Gasteiger partial charge in [-0.25, -0.2) is 0 Å².